The fraction of sp³-hybridized carbons (Fsp3) is 0.588. The van der Waals surface area contributed by atoms with E-state index in [0.717, 1.165) is 31.9 Å². The molecular weight excluding hydrogens is 262 g/mol. The van der Waals surface area contributed by atoms with Crippen molar-refractivity contribution in [2.75, 3.05) is 31.5 Å². The second kappa shape index (κ2) is 8.15. The number of rotatable bonds is 6. The van der Waals surface area contributed by atoms with E-state index >= 15 is 0 Å². The molecule has 1 aliphatic heterocycles. The van der Waals surface area contributed by atoms with Crippen molar-refractivity contribution >= 4 is 11.6 Å². The van der Waals surface area contributed by atoms with Gasteiger partial charge in [-0.15, -0.1) is 0 Å². The predicted molar refractivity (Wildman–Crippen MR) is 87.4 cm³/mol. The highest BCUT2D eigenvalue weighted by atomic mass is 16.2. The first-order valence-electron chi connectivity index (χ1n) is 8.01. The molecule has 2 N–H and O–H groups in total. The molecule has 1 amide bonds. The Morgan fingerprint density at radius 3 is 2.62 bits per heavy atom. The molecule has 2 rings (SSSR count). The van der Waals surface area contributed by atoms with Crippen LogP contribution in [-0.4, -0.2) is 43.0 Å². The minimum Gasteiger partial charge on any atom is -0.325 e. The third-order valence-corrected chi connectivity index (χ3v) is 4.33. The number of carbonyl (C=O) groups excluding carboxylic acids is 1. The third kappa shape index (κ3) is 4.83. The molecule has 116 valence electrons. The average Bonchev–Trinajstić information content (AvgIpc) is 2.54. The molecule has 1 unspecified atom stereocenters. The van der Waals surface area contributed by atoms with Gasteiger partial charge < -0.3 is 10.6 Å². The first kappa shape index (κ1) is 16.0. The Morgan fingerprint density at radius 2 is 2.00 bits per heavy atom. The molecule has 21 heavy (non-hydrogen) atoms. The third-order valence-electron chi connectivity index (χ3n) is 4.33. The molecule has 0 bridgehead atoms. The van der Waals surface area contributed by atoms with Crippen molar-refractivity contribution < 1.29 is 4.79 Å². The first-order chi connectivity index (χ1) is 10.2. The number of likely N-dealkylation sites (N-methyl/N-ethyl adjacent to an activating group) is 1. The number of amides is 1. The van der Waals surface area contributed by atoms with Gasteiger partial charge in [-0.3, -0.25) is 9.69 Å². The maximum absolute atomic E-state index is 12.4. The Labute approximate surface area is 127 Å². The predicted octanol–water partition coefficient (Wildman–Crippen LogP) is 2.34. The van der Waals surface area contributed by atoms with Crippen molar-refractivity contribution in [3.05, 3.63) is 30.3 Å². The molecule has 4 heteroatoms. The minimum atomic E-state index is -0.0925. The quantitative estimate of drug-likeness (QED) is 0.845. The van der Waals surface area contributed by atoms with Gasteiger partial charge in [0, 0.05) is 12.2 Å². The maximum atomic E-state index is 12.4. The molecule has 1 aliphatic rings. The highest BCUT2D eigenvalue weighted by molar-refractivity contribution is 5.94. The highest BCUT2D eigenvalue weighted by Gasteiger charge is 2.23. The number of benzene rings is 1. The van der Waals surface area contributed by atoms with Crippen LogP contribution >= 0.6 is 0 Å². The summed E-state index contributed by atoms with van der Waals surface area (Å²) < 4.78 is 0. The summed E-state index contributed by atoms with van der Waals surface area (Å²) in [6, 6.07) is 9.58. The summed E-state index contributed by atoms with van der Waals surface area (Å²) in [6.45, 7) is 8.27. The van der Waals surface area contributed by atoms with Crippen molar-refractivity contribution in [2.24, 2.45) is 5.92 Å². The summed E-state index contributed by atoms with van der Waals surface area (Å²) in [5.41, 5.74) is 0.868. The van der Waals surface area contributed by atoms with Gasteiger partial charge >= 0.3 is 0 Å². The molecule has 1 aromatic rings. The highest BCUT2D eigenvalue weighted by Crippen LogP contribution is 2.16. The summed E-state index contributed by atoms with van der Waals surface area (Å²) in [4.78, 5) is 14.7. The number of anilines is 1. The number of nitrogens with zero attached hydrogens (tertiary/aromatic N) is 1. The van der Waals surface area contributed by atoms with Crippen LogP contribution < -0.4 is 10.6 Å². The van der Waals surface area contributed by atoms with Crippen molar-refractivity contribution in [1.29, 1.82) is 0 Å². The van der Waals surface area contributed by atoms with Crippen LogP contribution in [0.3, 0.4) is 0 Å². The molecule has 0 aliphatic carbocycles. The van der Waals surface area contributed by atoms with Crippen LogP contribution in [0.1, 0.15) is 26.7 Å². The maximum Gasteiger partial charge on any atom is 0.241 e. The van der Waals surface area contributed by atoms with Gasteiger partial charge in [0.05, 0.1) is 6.04 Å². The van der Waals surface area contributed by atoms with E-state index in [0.29, 0.717) is 5.92 Å². The fourth-order valence-electron chi connectivity index (χ4n) is 2.89. The van der Waals surface area contributed by atoms with E-state index in [2.05, 4.69) is 22.5 Å². The van der Waals surface area contributed by atoms with Crippen molar-refractivity contribution in [2.45, 2.75) is 32.7 Å². The van der Waals surface area contributed by atoms with E-state index in [1.165, 1.54) is 12.8 Å². The van der Waals surface area contributed by atoms with Crippen LogP contribution in [0.4, 0.5) is 5.69 Å². The van der Waals surface area contributed by atoms with Gasteiger partial charge in [0.25, 0.3) is 0 Å². The minimum absolute atomic E-state index is 0.0805. The van der Waals surface area contributed by atoms with Crippen molar-refractivity contribution in [1.82, 2.24) is 10.2 Å². The SMILES string of the molecule is CCN(CC1CCNCC1)C(C)C(=O)Nc1ccccc1. The van der Waals surface area contributed by atoms with E-state index in [-0.39, 0.29) is 11.9 Å². The second-order valence-corrected chi connectivity index (χ2v) is 5.81. The summed E-state index contributed by atoms with van der Waals surface area (Å²) in [7, 11) is 0. The Hall–Kier alpha value is -1.39. The van der Waals surface area contributed by atoms with E-state index in [9.17, 15) is 4.79 Å². The standard InChI is InChI=1S/C17H27N3O/c1-3-20(13-15-9-11-18-12-10-15)14(2)17(21)19-16-7-5-4-6-8-16/h4-8,14-15,18H,3,9-13H2,1-2H3,(H,19,21). The Morgan fingerprint density at radius 1 is 1.33 bits per heavy atom. The number of hydrogen-bond acceptors (Lipinski definition) is 3. The zero-order valence-electron chi connectivity index (χ0n) is 13.1. The Kier molecular flexibility index (Phi) is 6.21. The van der Waals surface area contributed by atoms with Crippen LogP contribution in [-0.2, 0) is 4.79 Å². The van der Waals surface area contributed by atoms with Crippen LogP contribution in [0.15, 0.2) is 30.3 Å². The van der Waals surface area contributed by atoms with Gasteiger partial charge in [0.1, 0.15) is 0 Å². The monoisotopic (exact) mass is 289 g/mol. The van der Waals surface area contributed by atoms with E-state index in [4.69, 9.17) is 0 Å². The number of para-hydroxylation sites is 1. The number of carbonyl (C=O) groups is 1. The zero-order valence-corrected chi connectivity index (χ0v) is 13.1. The Balaban J connectivity index is 1.88. The summed E-state index contributed by atoms with van der Waals surface area (Å²) in [6.07, 6.45) is 2.42. The average molecular weight is 289 g/mol. The smallest absolute Gasteiger partial charge is 0.241 e. The lowest BCUT2D eigenvalue weighted by Gasteiger charge is -2.32. The number of nitrogens with one attached hydrogen (secondary N) is 2. The molecule has 1 saturated heterocycles. The Bertz CT molecular complexity index is 429. The topological polar surface area (TPSA) is 44.4 Å². The molecule has 1 atom stereocenters. The van der Waals surface area contributed by atoms with Gasteiger partial charge in [-0.05, 0) is 57.5 Å². The van der Waals surface area contributed by atoms with Gasteiger partial charge in [-0.25, -0.2) is 0 Å². The molecule has 0 saturated carbocycles. The normalized spacial score (nSPS) is 17.7. The van der Waals surface area contributed by atoms with E-state index < -0.39 is 0 Å². The molecule has 4 nitrogen and oxygen atoms in total. The zero-order chi connectivity index (χ0) is 15.1. The van der Waals surface area contributed by atoms with E-state index in [1.807, 2.05) is 37.3 Å². The van der Waals surface area contributed by atoms with Crippen LogP contribution in [0.25, 0.3) is 0 Å². The molecule has 1 heterocycles. The van der Waals surface area contributed by atoms with Crippen molar-refractivity contribution in [3.63, 3.8) is 0 Å². The molecule has 0 radical (unpaired) electrons. The van der Waals surface area contributed by atoms with Gasteiger partial charge in [-0.2, -0.15) is 0 Å². The van der Waals surface area contributed by atoms with Crippen molar-refractivity contribution in [3.8, 4) is 0 Å². The number of piperidine rings is 1. The lowest BCUT2D eigenvalue weighted by atomic mass is 9.97. The lowest BCUT2D eigenvalue weighted by molar-refractivity contribution is -0.121. The van der Waals surface area contributed by atoms with E-state index in [1.54, 1.807) is 0 Å². The van der Waals surface area contributed by atoms with Crippen LogP contribution in [0.2, 0.25) is 0 Å². The number of hydrogen-bond donors (Lipinski definition) is 2. The van der Waals surface area contributed by atoms with Crippen LogP contribution in [0, 0.1) is 5.92 Å². The molecule has 0 aromatic heterocycles. The summed E-state index contributed by atoms with van der Waals surface area (Å²) in [5.74, 6) is 0.787. The molecular formula is C17H27N3O. The fourth-order valence-corrected chi connectivity index (χ4v) is 2.89. The largest absolute Gasteiger partial charge is 0.325 e. The van der Waals surface area contributed by atoms with Gasteiger partial charge in [0.2, 0.25) is 5.91 Å². The molecule has 1 aromatic carbocycles. The van der Waals surface area contributed by atoms with Gasteiger partial charge in [0.15, 0.2) is 0 Å². The van der Waals surface area contributed by atoms with Crippen LogP contribution in [0.5, 0.6) is 0 Å². The second-order valence-electron chi connectivity index (χ2n) is 5.81. The molecule has 1 fully saturated rings. The summed E-state index contributed by atoms with van der Waals surface area (Å²) >= 11 is 0. The summed E-state index contributed by atoms with van der Waals surface area (Å²) in [5, 5.41) is 6.39. The van der Waals surface area contributed by atoms with Gasteiger partial charge in [-0.1, -0.05) is 25.1 Å². The molecule has 0 spiro atoms. The first-order valence-corrected chi connectivity index (χ1v) is 8.01. The lowest BCUT2D eigenvalue weighted by Crippen LogP contribution is -2.45.